The lowest BCUT2D eigenvalue weighted by Crippen LogP contribution is -2.22. The molecule has 0 radical (unpaired) electrons. The van der Waals surface area contributed by atoms with E-state index in [1.165, 1.54) is 11.1 Å². The molecule has 1 aliphatic heterocycles. The maximum Gasteiger partial charge on any atom is 0.318 e. The highest BCUT2D eigenvalue weighted by atomic mass is 16.4. The minimum absolute atomic E-state index is 0.609. The Bertz CT molecular complexity index is 552. The molecule has 3 rings (SSSR count). The number of nitrogens with one attached hydrogen (secondary N) is 1. The number of hydrogen-bond donors (Lipinski definition) is 1. The van der Waals surface area contributed by atoms with Crippen LogP contribution in [0.25, 0.3) is 0 Å². The zero-order valence-corrected chi connectivity index (χ0v) is 11.1. The van der Waals surface area contributed by atoms with Gasteiger partial charge in [0.1, 0.15) is 0 Å². The molecule has 0 aliphatic carbocycles. The number of rotatable bonds is 3. The Morgan fingerprint density at radius 1 is 1.26 bits per heavy atom. The van der Waals surface area contributed by atoms with Gasteiger partial charge in [-0.25, -0.2) is 0 Å². The number of benzene rings is 1. The van der Waals surface area contributed by atoms with Crippen molar-refractivity contribution in [2.24, 2.45) is 0 Å². The van der Waals surface area contributed by atoms with Crippen molar-refractivity contribution in [2.45, 2.75) is 25.9 Å². The van der Waals surface area contributed by atoms with Gasteiger partial charge in [-0.1, -0.05) is 29.4 Å². The summed E-state index contributed by atoms with van der Waals surface area (Å²) in [6.45, 7) is 2.41. The number of aryl methyl sites for hydroxylation is 1. The van der Waals surface area contributed by atoms with Crippen molar-refractivity contribution in [3.8, 4) is 0 Å². The lowest BCUT2D eigenvalue weighted by atomic mass is 10.0. The standard InChI is InChI=1S/C14H18N4O/c1-15-9-13-16-17-14(19-13)18-8-4-7-11-5-2-3-6-12(11)10-18/h2-3,5-6,15H,4,7-10H2,1H3. The monoisotopic (exact) mass is 258 g/mol. The third-order valence-electron chi connectivity index (χ3n) is 3.41. The molecule has 0 spiro atoms. The first-order valence-electron chi connectivity index (χ1n) is 6.65. The van der Waals surface area contributed by atoms with E-state index < -0.39 is 0 Å². The number of aromatic nitrogens is 2. The molecule has 1 aromatic heterocycles. The Kier molecular flexibility index (Phi) is 3.46. The normalized spacial score (nSPS) is 15.1. The summed E-state index contributed by atoms with van der Waals surface area (Å²) >= 11 is 0. The molecule has 2 aromatic rings. The van der Waals surface area contributed by atoms with E-state index in [1.54, 1.807) is 0 Å². The third-order valence-corrected chi connectivity index (χ3v) is 3.41. The van der Waals surface area contributed by atoms with Gasteiger partial charge in [0.05, 0.1) is 6.54 Å². The predicted octanol–water partition coefficient (Wildman–Crippen LogP) is 1.74. The summed E-state index contributed by atoms with van der Waals surface area (Å²) in [6.07, 6.45) is 2.23. The summed E-state index contributed by atoms with van der Waals surface area (Å²) in [5, 5.41) is 11.2. The zero-order chi connectivity index (χ0) is 13.1. The molecule has 1 aliphatic rings. The number of nitrogens with zero attached hydrogens (tertiary/aromatic N) is 3. The van der Waals surface area contributed by atoms with Crippen LogP contribution < -0.4 is 10.2 Å². The number of hydrogen-bond acceptors (Lipinski definition) is 5. The van der Waals surface area contributed by atoms with E-state index in [0.717, 1.165) is 25.9 Å². The van der Waals surface area contributed by atoms with E-state index in [1.807, 2.05) is 7.05 Å². The summed E-state index contributed by atoms with van der Waals surface area (Å²) in [6, 6.07) is 9.20. The van der Waals surface area contributed by atoms with Crippen molar-refractivity contribution < 1.29 is 4.42 Å². The Labute approximate surface area is 112 Å². The molecule has 100 valence electrons. The molecule has 1 N–H and O–H groups in total. The molecular formula is C14H18N4O. The first-order chi connectivity index (χ1) is 9.36. The molecular weight excluding hydrogens is 240 g/mol. The molecule has 0 unspecified atom stereocenters. The highest BCUT2D eigenvalue weighted by molar-refractivity contribution is 5.35. The molecule has 0 bridgehead atoms. The molecule has 0 amide bonds. The van der Waals surface area contributed by atoms with Crippen LogP contribution in [0, 0.1) is 0 Å². The van der Waals surface area contributed by atoms with Crippen molar-refractivity contribution in [1.29, 1.82) is 0 Å². The van der Waals surface area contributed by atoms with Crippen LogP contribution in [0.5, 0.6) is 0 Å². The Morgan fingerprint density at radius 3 is 2.95 bits per heavy atom. The minimum Gasteiger partial charge on any atom is -0.407 e. The Balaban J connectivity index is 1.81. The molecule has 5 nitrogen and oxygen atoms in total. The van der Waals surface area contributed by atoms with Gasteiger partial charge >= 0.3 is 6.01 Å². The van der Waals surface area contributed by atoms with Crippen molar-refractivity contribution in [3.63, 3.8) is 0 Å². The highest BCUT2D eigenvalue weighted by Gasteiger charge is 2.18. The maximum atomic E-state index is 5.68. The highest BCUT2D eigenvalue weighted by Crippen LogP contribution is 2.22. The lowest BCUT2D eigenvalue weighted by Gasteiger charge is -2.17. The van der Waals surface area contributed by atoms with Gasteiger partial charge in [-0.2, -0.15) is 0 Å². The summed E-state index contributed by atoms with van der Waals surface area (Å²) in [4.78, 5) is 2.16. The van der Waals surface area contributed by atoms with Gasteiger partial charge in [-0.05, 0) is 31.0 Å². The van der Waals surface area contributed by atoms with Crippen molar-refractivity contribution >= 4 is 6.01 Å². The first-order valence-corrected chi connectivity index (χ1v) is 6.65. The van der Waals surface area contributed by atoms with Crippen LogP contribution in [-0.4, -0.2) is 23.8 Å². The molecule has 0 atom stereocenters. The SMILES string of the molecule is CNCc1nnc(N2CCCc3ccccc3C2)o1. The molecule has 19 heavy (non-hydrogen) atoms. The van der Waals surface area contributed by atoms with E-state index >= 15 is 0 Å². The van der Waals surface area contributed by atoms with Crippen LogP contribution >= 0.6 is 0 Å². The maximum absolute atomic E-state index is 5.68. The average Bonchev–Trinajstić information content (AvgIpc) is 2.78. The third kappa shape index (κ3) is 2.61. The van der Waals surface area contributed by atoms with Gasteiger partial charge in [0, 0.05) is 13.1 Å². The minimum atomic E-state index is 0.609. The van der Waals surface area contributed by atoms with Crippen molar-refractivity contribution in [3.05, 3.63) is 41.3 Å². The van der Waals surface area contributed by atoms with E-state index in [9.17, 15) is 0 Å². The second-order valence-electron chi connectivity index (χ2n) is 4.80. The van der Waals surface area contributed by atoms with Gasteiger partial charge in [-0.15, -0.1) is 5.10 Å². The van der Waals surface area contributed by atoms with E-state index in [0.29, 0.717) is 18.5 Å². The summed E-state index contributed by atoms with van der Waals surface area (Å²) < 4.78 is 5.68. The van der Waals surface area contributed by atoms with Crippen LogP contribution in [0.1, 0.15) is 23.4 Å². The fraction of sp³-hybridized carbons (Fsp3) is 0.429. The van der Waals surface area contributed by atoms with Gasteiger partial charge in [-0.3, -0.25) is 0 Å². The van der Waals surface area contributed by atoms with Gasteiger partial charge in [0.15, 0.2) is 0 Å². The number of anilines is 1. The summed E-state index contributed by atoms with van der Waals surface area (Å²) in [5.74, 6) is 0.634. The van der Waals surface area contributed by atoms with Crippen LogP contribution in [0.3, 0.4) is 0 Å². The average molecular weight is 258 g/mol. The van der Waals surface area contributed by atoms with Crippen LogP contribution in [0.4, 0.5) is 6.01 Å². The van der Waals surface area contributed by atoms with Gasteiger partial charge < -0.3 is 14.6 Å². The molecule has 1 aromatic carbocycles. The molecule has 0 saturated heterocycles. The second-order valence-corrected chi connectivity index (χ2v) is 4.80. The molecule has 2 heterocycles. The predicted molar refractivity (Wildman–Crippen MR) is 72.9 cm³/mol. The quantitative estimate of drug-likeness (QED) is 0.909. The summed E-state index contributed by atoms with van der Waals surface area (Å²) in [7, 11) is 1.87. The van der Waals surface area contributed by atoms with E-state index in [2.05, 4.69) is 44.7 Å². The lowest BCUT2D eigenvalue weighted by molar-refractivity contribution is 0.469. The van der Waals surface area contributed by atoms with E-state index in [4.69, 9.17) is 4.42 Å². The first kappa shape index (κ1) is 12.2. The second kappa shape index (κ2) is 5.40. The van der Waals surface area contributed by atoms with Gasteiger partial charge in [0.25, 0.3) is 0 Å². The molecule has 5 heteroatoms. The number of fused-ring (bicyclic) bond motifs is 1. The van der Waals surface area contributed by atoms with Crippen molar-refractivity contribution in [1.82, 2.24) is 15.5 Å². The smallest absolute Gasteiger partial charge is 0.318 e. The van der Waals surface area contributed by atoms with E-state index in [-0.39, 0.29) is 0 Å². The van der Waals surface area contributed by atoms with Crippen LogP contribution in [0.15, 0.2) is 28.7 Å². The molecule has 0 saturated carbocycles. The Hall–Kier alpha value is -1.88. The molecule has 0 fully saturated rings. The van der Waals surface area contributed by atoms with Crippen LogP contribution in [-0.2, 0) is 19.5 Å². The fourth-order valence-electron chi connectivity index (χ4n) is 2.46. The van der Waals surface area contributed by atoms with Gasteiger partial charge in [0.2, 0.25) is 5.89 Å². The zero-order valence-electron chi connectivity index (χ0n) is 11.1. The topological polar surface area (TPSA) is 54.2 Å². The Morgan fingerprint density at radius 2 is 2.11 bits per heavy atom. The summed E-state index contributed by atoms with van der Waals surface area (Å²) in [5.41, 5.74) is 2.79. The largest absolute Gasteiger partial charge is 0.407 e. The van der Waals surface area contributed by atoms with Crippen molar-refractivity contribution in [2.75, 3.05) is 18.5 Å². The fourth-order valence-corrected chi connectivity index (χ4v) is 2.46. The van der Waals surface area contributed by atoms with Crippen LogP contribution in [0.2, 0.25) is 0 Å².